The molecule has 3 heteroatoms. The fraction of sp³-hybridized carbons (Fsp3) is 0.455. The van der Waals surface area contributed by atoms with Crippen molar-refractivity contribution in [3.63, 3.8) is 0 Å². The van der Waals surface area contributed by atoms with Crippen LogP contribution in [-0.2, 0) is 6.42 Å². The molecule has 1 aromatic rings. The quantitative estimate of drug-likeness (QED) is 0.591. The molecule has 78 valence electrons. The summed E-state index contributed by atoms with van der Waals surface area (Å²) in [5.41, 5.74) is 1.30. The Balaban J connectivity index is 2.50. The van der Waals surface area contributed by atoms with E-state index in [1.165, 1.54) is 5.56 Å². The molecule has 0 radical (unpaired) electrons. The molecule has 0 saturated heterocycles. The Bertz CT molecular complexity index is 278. The van der Waals surface area contributed by atoms with Gasteiger partial charge in [-0.05, 0) is 31.2 Å². The molecule has 1 aromatic carbocycles. The average Bonchev–Trinajstić information content (AvgIpc) is 2.26. The third-order valence-corrected chi connectivity index (χ3v) is 2.64. The van der Waals surface area contributed by atoms with E-state index in [1.807, 2.05) is 12.1 Å². The zero-order valence-corrected chi connectivity index (χ0v) is 9.63. The molecule has 0 saturated carbocycles. The number of thiol groups is 1. The smallest absolute Gasteiger partial charge is 0.119 e. The molecule has 0 N–H and O–H groups in total. The summed E-state index contributed by atoms with van der Waals surface area (Å²) in [5, 5.41) is 0. The van der Waals surface area contributed by atoms with Crippen LogP contribution in [0.1, 0.15) is 5.56 Å². The lowest BCUT2D eigenvalue weighted by molar-refractivity contribution is 0.396. The van der Waals surface area contributed by atoms with Crippen molar-refractivity contribution in [2.45, 2.75) is 6.42 Å². The molecule has 0 heterocycles. The second-order valence-corrected chi connectivity index (χ2v) is 3.61. The number of nitrogens with zero attached hydrogens (tertiary/aromatic N) is 1. The Kier molecular flexibility index (Phi) is 4.84. The summed E-state index contributed by atoms with van der Waals surface area (Å²) in [4.78, 5) is 2.17. The van der Waals surface area contributed by atoms with Gasteiger partial charge in [-0.3, -0.25) is 4.90 Å². The molecule has 0 aliphatic rings. The van der Waals surface area contributed by atoms with E-state index < -0.39 is 0 Å². The highest BCUT2D eigenvalue weighted by Crippen LogP contribution is 2.12. The van der Waals surface area contributed by atoms with Crippen LogP contribution in [0.3, 0.4) is 0 Å². The highest BCUT2D eigenvalue weighted by Gasteiger charge is 1.98. The van der Waals surface area contributed by atoms with Gasteiger partial charge in [-0.25, -0.2) is 0 Å². The topological polar surface area (TPSA) is 12.5 Å². The van der Waals surface area contributed by atoms with Crippen molar-refractivity contribution in [2.24, 2.45) is 0 Å². The third-order valence-electron chi connectivity index (χ3n) is 2.16. The summed E-state index contributed by atoms with van der Waals surface area (Å²) in [5.74, 6) is 1.72. The lowest BCUT2D eigenvalue weighted by Crippen LogP contribution is -2.19. The third kappa shape index (κ3) is 3.60. The highest BCUT2D eigenvalue weighted by molar-refractivity contribution is 7.80. The van der Waals surface area contributed by atoms with Crippen molar-refractivity contribution in [1.29, 1.82) is 0 Å². The number of likely N-dealkylation sites (N-methyl/N-ethyl adjacent to an activating group) is 1. The van der Waals surface area contributed by atoms with Crippen LogP contribution in [0.25, 0.3) is 0 Å². The monoisotopic (exact) mass is 211 g/mol. The fourth-order valence-electron chi connectivity index (χ4n) is 1.22. The number of hydrogen-bond donors (Lipinski definition) is 1. The van der Waals surface area contributed by atoms with Gasteiger partial charge in [-0.1, -0.05) is 12.1 Å². The second-order valence-electron chi connectivity index (χ2n) is 3.32. The molecule has 0 amide bonds. The lowest BCUT2D eigenvalue weighted by atomic mass is 10.1. The molecule has 0 aliphatic carbocycles. The normalized spacial score (nSPS) is 10.6. The summed E-state index contributed by atoms with van der Waals surface area (Å²) >= 11 is 4.20. The number of ether oxygens (including phenoxy) is 1. The van der Waals surface area contributed by atoms with Gasteiger partial charge in [0, 0.05) is 12.4 Å². The highest BCUT2D eigenvalue weighted by atomic mass is 32.1. The van der Waals surface area contributed by atoms with Crippen LogP contribution in [0.2, 0.25) is 0 Å². The molecule has 0 aliphatic heterocycles. The maximum atomic E-state index is 5.16. The van der Waals surface area contributed by atoms with Crippen molar-refractivity contribution >= 4 is 12.6 Å². The Morgan fingerprint density at radius 3 is 2.86 bits per heavy atom. The van der Waals surface area contributed by atoms with Crippen LogP contribution in [0.15, 0.2) is 24.3 Å². The maximum Gasteiger partial charge on any atom is 0.119 e. The second kappa shape index (κ2) is 5.94. The average molecular weight is 211 g/mol. The van der Waals surface area contributed by atoms with Crippen LogP contribution < -0.4 is 4.74 Å². The van der Waals surface area contributed by atoms with Gasteiger partial charge in [0.25, 0.3) is 0 Å². The first-order valence-corrected chi connectivity index (χ1v) is 5.32. The van der Waals surface area contributed by atoms with Gasteiger partial charge < -0.3 is 4.74 Å². The minimum atomic E-state index is 0.796. The molecule has 0 aromatic heterocycles. The van der Waals surface area contributed by atoms with Crippen molar-refractivity contribution in [1.82, 2.24) is 4.90 Å². The molecule has 0 fully saturated rings. The van der Waals surface area contributed by atoms with E-state index in [0.29, 0.717) is 0 Å². The predicted molar refractivity (Wildman–Crippen MR) is 63.2 cm³/mol. The summed E-state index contributed by atoms with van der Waals surface area (Å²) in [6.07, 6.45) is 1.04. The number of rotatable bonds is 5. The standard InChI is InChI=1S/C11H17NOS/c1-12(9-14)7-6-10-4-3-5-11(8-10)13-2/h3-5,8,14H,6-7,9H2,1-2H3. The molecule has 0 spiro atoms. The molecule has 0 unspecified atom stereocenters. The Hall–Kier alpha value is -0.670. The summed E-state index contributed by atoms with van der Waals surface area (Å²) in [6, 6.07) is 8.18. The van der Waals surface area contributed by atoms with Gasteiger partial charge in [0.1, 0.15) is 5.75 Å². The van der Waals surface area contributed by atoms with E-state index in [9.17, 15) is 0 Å². The first-order chi connectivity index (χ1) is 6.76. The van der Waals surface area contributed by atoms with Gasteiger partial charge in [0.2, 0.25) is 0 Å². The van der Waals surface area contributed by atoms with Crippen LogP contribution >= 0.6 is 12.6 Å². The van der Waals surface area contributed by atoms with Crippen molar-refractivity contribution in [2.75, 3.05) is 26.6 Å². The van der Waals surface area contributed by atoms with Crippen LogP contribution in [0.4, 0.5) is 0 Å². The van der Waals surface area contributed by atoms with E-state index in [0.717, 1.165) is 24.6 Å². The van der Waals surface area contributed by atoms with Gasteiger partial charge in [-0.15, -0.1) is 0 Å². The Labute approximate surface area is 91.3 Å². The van der Waals surface area contributed by atoms with Gasteiger partial charge in [0.05, 0.1) is 7.11 Å². The van der Waals surface area contributed by atoms with Gasteiger partial charge in [0.15, 0.2) is 0 Å². The van der Waals surface area contributed by atoms with E-state index in [4.69, 9.17) is 4.74 Å². The first kappa shape index (κ1) is 11.4. The Morgan fingerprint density at radius 2 is 2.21 bits per heavy atom. The molecule has 0 atom stereocenters. The van der Waals surface area contributed by atoms with E-state index >= 15 is 0 Å². The van der Waals surface area contributed by atoms with Gasteiger partial charge in [-0.2, -0.15) is 12.6 Å². The van der Waals surface area contributed by atoms with Gasteiger partial charge >= 0.3 is 0 Å². The largest absolute Gasteiger partial charge is 0.497 e. The molecule has 2 nitrogen and oxygen atoms in total. The van der Waals surface area contributed by atoms with Crippen molar-refractivity contribution in [3.8, 4) is 5.75 Å². The summed E-state index contributed by atoms with van der Waals surface area (Å²) < 4.78 is 5.16. The molecule has 0 bridgehead atoms. The number of methoxy groups -OCH3 is 1. The molecule has 14 heavy (non-hydrogen) atoms. The SMILES string of the molecule is COc1cccc(CCN(C)CS)c1. The van der Waals surface area contributed by atoms with E-state index in [-0.39, 0.29) is 0 Å². The minimum absolute atomic E-state index is 0.796. The minimum Gasteiger partial charge on any atom is -0.497 e. The zero-order chi connectivity index (χ0) is 10.4. The summed E-state index contributed by atoms with van der Waals surface area (Å²) in [6.45, 7) is 1.02. The predicted octanol–water partition coefficient (Wildman–Crippen LogP) is 2.06. The maximum absolute atomic E-state index is 5.16. The van der Waals surface area contributed by atoms with Crippen LogP contribution in [0, 0.1) is 0 Å². The lowest BCUT2D eigenvalue weighted by Gasteiger charge is -2.13. The molecule has 1 rings (SSSR count). The first-order valence-electron chi connectivity index (χ1n) is 4.68. The molecular weight excluding hydrogens is 194 g/mol. The Morgan fingerprint density at radius 1 is 1.43 bits per heavy atom. The van der Waals surface area contributed by atoms with E-state index in [1.54, 1.807) is 7.11 Å². The fourth-order valence-corrected chi connectivity index (χ4v) is 1.36. The van der Waals surface area contributed by atoms with Crippen LogP contribution in [0.5, 0.6) is 5.75 Å². The molecular formula is C11H17NOS. The zero-order valence-electron chi connectivity index (χ0n) is 8.73. The van der Waals surface area contributed by atoms with E-state index in [2.05, 4.69) is 36.7 Å². The number of hydrogen-bond acceptors (Lipinski definition) is 3. The van der Waals surface area contributed by atoms with Crippen molar-refractivity contribution in [3.05, 3.63) is 29.8 Å². The summed E-state index contributed by atoms with van der Waals surface area (Å²) in [7, 11) is 3.76. The van der Waals surface area contributed by atoms with Crippen molar-refractivity contribution < 1.29 is 4.74 Å². The number of benzene rings is 1. The van der Waals surface area contributed by atoms with Crippen LogP contribution in [-0.4, -0.2) is 31.5 Å².